The second-order valence-corrected chi connectivity index (χ2v) is 8.36. The summed E-state index contributed by atoms with van der Waals surface area (Å²) in [5.41, 5.74) is 3.68. The molecule has 0 aromatic heterocycles. The minimum Gasteiger partial charge on any atom is -0.299 e. The molecule has 0 aliphatic rings. The zero-order valence-electron chi connectivity index (χ0n) is 23.3. The molecule has 0 aliphatic carbocycles. The summed E-state index contributed by atoms with van der Waals surface area (Å²) in [7, 11) is 0. The fourth-order valence-electron chi connectivity index (χ4n) is 3.34. The maximum Gasteiger partial charge on any atom is 0.143 e. The molecule has 0 bridgehead atoms. The van der Waals surface area contributed by atoms with Crippen LogP contribution in [0.25, 0.3) is 0 Å². The lowest BCUT2D eigenvalue weighted by Crippen LogP contribution is -2.17. The second kappa shape index (κ2) is 24.2. The first-order chi connectivity index (χ1) is 16.9. The predicted octanol–water partition coefficient (Wildman–Crippen LogP) is 10.3. The van der Waals surface area contributed by atoms with Gasteiger partial charge in [-0.15, -0.1) is 19.7 Å². The number of carbonyl (C=O) groups is 1. The van der Waals surface area contributed by atoms with E-state index in [9.17, 15) is 4.79 Å². The van der Waals surface area contributed by atoms with Crippen LogP contribution in [0.3, 0.4) is 0 Å². The summed E-state index contributed by atoms with van der Waals surface area (Å²) < 4.78 is 0. The van der Waals surface area contributed by atoms with Crippen LogP contribution in [0.2, 0.25) is 0 Å². The summed E-state index contributed by atoms with van der Waals surface area (Å²) in [5.74, 6) is 0.338. The lowest BCUT2D eigenvalue weighted by molar-refractivity contribution is -0.123. The number of allylic oxidation sites excluding steroid dienone is 5. The number of Topliss-reactive ketones (excluding diaryl/α,β-unsaturated/α-hetero) is 1. The first-order valence-corrected chi connectivity index (χ1v) is 12.9. The third-order valence-electron chi connectivity index (χ3n) is 5.30. The molecule has 0 saturated heterocycles. The minimum absolute atomic E-state index is 0.0500. The third-order valence-corrected chi connectivity index (χ3v) is 5.30. The molecule has 0 N–H and O–H groups in total. The molecule has 0 heterocycles. The van der Waals surface area contributed by atoms with Crippen molar-refractivity contribution in [2.24, 2.45) is 5.92 Å². The van der Waals surface area contributed by atoms with Gasteiger partial charge in [0.15, 0.2) is 0 Å². The van der Waals surface area contributed by atoms with Crippen molar-refractivity contribution >= 4 is 5.78 Å². The molecular formula is C34H50O. The fourth-order valence-corrected chi connectivity index (χ4v) is 3.34. The van der Waals surface area contributed by atoms with Gasteiger partial charge in [0.25, 0.3) is 0 Å². The summed E-state index contributed by atoms with van der Waals surface area (Å²) in [5, 5.41) is 0. The average Bonchev–Trinajstić information content (AvgIpc) is 2.89. The van der Waals surface area contributed by atoms with Crippen LogP contribution in [0.5, 0.6) is 0 Å². The quantitative estimate of drug-likeness (QED) is 0.247. The van der Waals surface area contributed by atoms with Gasteiger partial charge in [-0.3, -0.25) is 4.79 Å². The van der Waals surface area contributed by atoms with Crippen molar-refractivity contribution in [2.45, 2.75) is 79.6 Å². The van der Waals surface area contributed by atoms with Crippen molar-refractivity contribution in [2.75, 3.05) is 0 Å². The van der Waals surface area contributed by atoms with Crippen molar-refractivity contribution in [1.82, 2.24) is 0 Å². The van der Waals surface area contributed by atoms with E-state index in [1.54, 1.807) is 6.08 Å². The molecule has 0 aliphatic heterocycles. The largest absolute Gasteiger partial charge is 0.299 e. The molecule has 0 amide bonds. The summed E-state index contributed by atoms with van der Waals surface area (Å²) in [6.07, 6.45) is 15.8. The minimum atomic E-state index is -0.0500. The van der Waals surface area contributed by atoms with Gasteiger partial charge >= 0.3 is 0 Å². The summed E-state index contributed by atoms with van der Waals surface area (Å²) >= 11 is 0. The van der Waals surface area contributed by atoms with Crippen LogP contribution >= 0.6 is 0 Å². The molecule has 2 unspecified atom stereocenters. The Kier molecular flexibility index (Phi) is 23.7. The molecule has 2 rings (SSSR count). The lowest BCUT2D eigenvalue weighted by Gasteiger charge is -2.16. The van der Waals surface area contributed by atoms with Gasteiger partial charge in [-0.2, -0.15) is 0 Å². The normalized spacial score (nSPS) is 11.7. The monoisotopic (exact) mass is 474 g/mol. The molecule has 2 atom stereocenters. The van der Waals surface area contributed by atoms with Gasteiger partial charge in [0.2, 0.25) is 0 Å². The zero-order valence-corrected chi connectivity index (χ0v) is 23.3. The van der Waals surface area contributed by atoms with Crippen molar-refractivity contribution in [3.05, 3.63) is 121 Å². The van der Waals surface area contributed by atoms with Crippen LogP contribution in [0.15, 0.2) is 105 Å². The van der Waals surface area contributed by atoms with E-state index in [2.05, 4.69) is 100 Å². The van der Waals surface area contributed by atoms with Crippen molar-refractivity contribution in [1.29, 1.82) is 0 Å². The fraction of sp³-hybridized carbons (Fsp3) is 0.382. The highest BCUT2D eigenvalue weighted by atomic mass is 16.1. The van der Waals surface area contributed by atoms with Crippen LogP contribution in [0.1, 0.15) is 89.8 Å². The Labute approximate surface area is 217 Å². The van der Waals surface area contributed by atoms with Gasteiger partial charge in [0.05, 0.1) is 0 Å². The molecule has 0 spiro atoms. The number of hydrogen-bond acceptors (Lipinski definition) is 1. The lowest BCUT2D eigenvalue weighted by atomic mass is 9.87. The Morgan fingerprint density at radius 1 is 0.886 bits per heavy atom. The first-order valence-electron chi connectivity index (χ1n) is 12.9. The average molecular weight is 475 g/mol. The third kappa shape index (κ3) is 17.2. The number of hydrogen-bond donors (Lipinski definition) is 0. The predicted molar refractivity (Wildman–Crippen MR) is 159 cm³/mol. The van der Waals surface area contributed by atoms with E-state index in [1.165, 1.54) is 30.4 Å². The van der Waals surface area contributed by atoms with Crippen LogP contribution in [0, 0.1) is 5.92 Å². The van der Waals surface area contributed by atoms with Gasteiger partial charge in [0, 0.05) is 11.8 Å². The molecular weight excluding hydrogens is 424 g/mol. The topological polar surface area (TPSA) is 17.1 Å². The SMILES string of the molecule is C/C=C\CC(C)C(=O)C(C)c1cccc(Cc2ccccc2)c1.C/C=C\CCCC.C=C.C=CC. The number of rotatable bonds is 10. The van der Waals surface area contributed by atoms with Crippen molar-refractivity contribution in [3.8, 4) is 0 Å². The Morgan fingerprint density at radius 3 is 2.00 bits per heavy atom. The first kappa shape index (κ1) is 34.2. The van der Waals surface area contributed by atoms with Gasteiger partial charge in [-0.05, 0) is 56.7 Å². The molecule has 192 valence electrons. The number of ketones is 1. The molecule has 1 nitrogen and oxygen atoms in total. The van der Waals surface area contributed by atoms with Gasteiger partial charge in [0.1, 0.15) is 5.78 Å². The maximum atomic E-state index is 12.6. The molecule has 1 heteroatoms. The summed E-state index contributed by atoms with van der Waals surface area (Å²) in [6.45, 7) is 21.6. The Hall–Kier alpha value is -2.93. The smallest absolute Gasteiger partial charge is 0.143 e. The van der Waals surface area contributed by atoms with Gasteiger partial charge in [-0.1, -0.05) is 119 Å². The van der Waals surface area contributed by atoms with E-state index in [4.69, 9.17) is 0 Å². The summed E-state index contributed by atoms with van der Waals surface area (Å²) in [4.78, 5) is 12.6. The van der Waals surface area contributed by atoms with E-state index < -0.39 is 0 Å². The maximum absolute atomic E-state index is 12.6. The van der Waals surface area contributed by atoms with E-state index in [1.807, 2.05) is 39.8 Å². The molecule has 0 saturated carbocycles. The van der Waals surface area contributed by atoms with Crippen LogP contribution in [-0.2, 0) is 11.2 Å². The number of unbranched alkanes of at least 4 members (excludes halogenated alkanes) is 2. The highest BCUT2D eigenvalue weighted by molar-refractivity contribution is 5.87. The molecule has 2 aromatic rings. The number of carbonyl (C=O) groups excluding carboxylic acids is 1. The van der Waals surface area contributed by atoms with Gasteiger partial charge < -0.3 is 0 Å². The molecule has 2 aromatic carbocycles. The molecule has 0 radical (unpaired) electrons. The highest BCUT2D eigenvalue weighted by Crippen LogP contribution is 2.23. The zero-order chi connectivity index (χ0) is 26.9. The van der Waals surface area contributed by atoms with E-state index in [0.29, 0.717) is 5.78 Å². The summed E-state index contributed by atoms with van der Waals surface area (Å²) in [6, 6.07) is 18.9. The standard InChI is InChI=1S/C22H26O.C7H14.C3H6.C2H4/c1-4-5-10-17(2)22(23)18(3)21-14-9-13-20(16-21)15-19-11-7-6-8-12-19;1-3-5-7-6-4-2;1-3-2;1-2/h4-9,11-14,16-18H,10,15H2,1-3H3;3,5H,4,6-7H2,1-2H3;3H,1H2,2H3;1-2H2/b5-4-;5-3-;;. The number of benzene rings is 2. The van der Waals surface area contributed by atoms with E-state index >= 15 is 0 Å². The Bertz CT molecular complexity index is 829. The van der Waals surface area contributed by atoms with E-state index in [-0.39, 0.29) is 11.8 Å². The van der Waals surface area contributed by atoms with Crippen LogP contribution < -0.4 is 0 Å². The van der Waals surface area contributed by atoms with Crippen molar-refractivity contribution in [3.63, 3.8) is 0 Å². The van der Waals surface area contributed by atoms with Crippen LogP contribution in [-0.4, -0.2) is 5.78 Å². The Balaban J connectivity index is 0. The Morgan fingerprint density at radius 2 is 1.46 bits per heavy atom. The second-order valence-electron chi connectivity index (χ2n) is 8.36. The van der Waals surface area contributed by atoms with Crippen LogP contribution in [0.4, 0.5) is 0 Å². The highest BCUT2D eigenvalue weighted by Gasteiger charge is 2.20. The van der Waals surface area contributed by atoms with Gasteiger partial charge in [-0.25, -0.2) is 0 Å². The molecule has 0 fully saturated rings. The van der Waals surface area contributed by atoms with E-state index in [0.717, 1.165) is 18.4 Å². The van der Waals surface area contributed by atoms with Crippen molar-refractivity contribution < 1.29 is 4.79 Å². The molecule has 35 heavy (non-hydrogen) atoms.